The van der Waals surface area contributed by atoms with E-state index in [9.17, 15) is 9.59 Å². The Kier molecular flexibility index (Phi) is 8.45. The highest BCUT2D eigenvalue weighted by molar-refractivity contribution is 6.36. The SMILES string of the molecule is CC[C@@H](C(=O)NC(C)(C)C)N(Cc1c(Cl)cccc1Cl)C(=O)COc1cccc2ccccc12. The molecular formula is C27H30Cl2N2O3. The van der Waals surface area contributed by atoms with E-state index < -0.39 is 11.6 Å². The zero-order valence-electron chi connectivity index (χ0n) is 19.9. The van der Waals surface area contributed by atoms with Crippen LogP contribution in [0.1, 0.15) is 39.7 Å². The summed E-state index contributed by atoms with van der Waals surface area (Å²) in [4.78, 5) is 28.1. The Morgan fingerprint density at radius 1 is 0.971 bits per heavy atom. The summed E-state index contributed by atoms with van der Waals surface area (Å²) in [5.41, 5.74) is 0.145. The van der Waals surface area contributed by atoms with Gasteiger partial charge in [-0.2, -0.15) is 0 Å². The summed E-state index contributed by atoms with van der Waals surface area (Å²) >= 11 is 12.8. The maximum atomic E-state index is 13.5. The van der Waals surface area contributed by atoms with Crippen molar-refractivity contribution in [1.82, 2.24) is 10.2 Å². The molecule has 0 fully saturated rings. The third-order valence-electron chi connectivity index (χ3n) is 5.38. The zero-order valence-corrected chi connectivity index (χ0v) is 21.4. The van der Waals surface area contributed by atoms with Gasteiger partial charge < -0.3 is 15.0 Å². The lowest BCUT2D eigenvalue weighted by atomic mass is 10.1. The van der Waals surface area contributed by atoms with E-state index in [1.807, 2.05) is 70.2 Å². The van der Waals surface area contributed by atoms with Gasteiger partial charge in [0.2, 0.25) is 5.91 Å². The molecule has 3 aromatic carbocycles. The highest BCUT2D eigenvalue weighted by atomic mass is 35.5. The number of nitrogens with zero attached hydrogens (tertiary/aromatic N) is 1. The second kappa shape index (κ2) is 11.1. The van der Waals surface area contributed by atoms with E-state index in [0.717, 1.165) is 10.8 Å². The fourth-order valence-corrected chi connectivity index (χ4v) is 4.29. The lowest BCUT2D eigenvalue weighted by molar-refractivity contribution is -0.143. The van der Waals surface area contributed by atoms with Crippen LogP contribution in [0.2, 0.25) is 10.0 Å². The van der Waals surface area contributed by atoms with E-state index in [1.54, 1.807) is 18.2 Å². The monoisotopic (exact) mass is 500 g/mol. The minimum absolute atomic E-state index is 0.0896. The molecule has 7 heteroatoms. The van der Waals surface area contributed by atoms with E-state index in [2.05, 4.69) is 5.32 Å². The second-order valence-corrected chi connectivity index (χ2v) is 9.97. The molecule has 0 saturated carbocycles. The molecule has 0 unspecified atom stereocenters. The van der Waals surface area contributed by atoms with Gasteiger partial charge in [-0.15, -0.1) is 0 Å². The van der Waals surface area contributed by atoms with Crippen molar-refractivity contribution in [2.24, 2.45) is 0 Å². The molecule has 1 N–H and O–H groups in total. The molecule has 0 heterocycles. The fraction of sp³-hybridized carbons (Fsp3) is 0.333. The molecule has 0 aliphatic rings. The molecule has 3 rings (SSSR count). The van der Waals surface area contributed by atoms with E-state index >= 15 is 0 Å². The minimum atomic E-state index is -0.713. The largest absolute Gasteiger partial charge is 0.483 e. The van der Waals surface area contributed by atoms with Crippen molar-refractivity contribution in [3.8, 4) is 5.75 Å². The highest BCUT2D eigenvalue weighted by Crippen LogP contribution is 2.28. The van der Waals surface area contributed by atoms with Crippen molar-refractivity contribution in [3.63, 3.8) is 0 Å². The normalized spacial score (nSPS) is 12.3. The van der Waals surface area contributed by atoms with Crippen LogP contribution in [0, 0.1) is 0 Å². The van der Waals surface area contributed by atoms with E-state index in [-0.39, 0.29) is 25.0 Å². The fourth-order valence-electron chi connectivity index (χ4n) is 3.77. The van der Waals surface area contributed by atoms with Crippen molar-refractivity contribution >= 4 is 45.8 Å². The summed E-state index contributed by atoms with van der Waals surface area (Å²) in [6.07, 6.45) is 0.421. The van der Waals surface area contributed by atoms with Crippen LogP contribution in [0.15, 0.2) is 60.7 Å². The molecule has 3 aromatic rings. The topological polar surface area (TPSA) is 58.6 Å². The summed E-state index contributed by atoms with van der Waals surface area (Å²) in [7, 11) is 0. The number of hydrogen-bond acceptors (Lipinski definition) is 3. The number of nitrogens with one attached hydrogen (secondary N) is 1. The van der Waals surface area contributed by atoms with Gasteiger partial charge in [0.1, 0.15) is 11.8 Å². The predicted molar refractivity (Wildman–Crippen MR) is 138 cm³/mol. The standard InChI is InChI=1S/C27H30Cl2N2O3/c1-5-23(26(33)30-27(2,3)4)31(16-20-21(28)13-9-14-22(20)29)25(32)17-34-24-15-8-11-18-10-6-7-12-19(18)24/h6-15,23H,5,16-17H2,1-4H3,(H,30,33)/t23-/m0/s1. The summed E-state index contributed by atoms with van der Waals surface area (Å²) < 4.78 is 5.95. The molecule has 0 aliphatic carbocycles. The average molecular weight is 501 g/mol. The molecule has 1 atom stereocenters. The minimum Gasteiger partial charge on any atom is -0.483 e. The Hall–Kier alpha value is -2.76. The molecular weight excluding hydrogens is 471 g/mol. The number of carbonyl (C=O) groups excluding carboxylic acids is 2. The molecule has 0 bridgehead atoms. The van der Waals surface area contributed by atoms with Gasteiger partial charge in [0.05, 0.1) is 0 Å². The first-order valence-electron chi connectivity index (χ1n) is 11.3. The molecule has 0 aliphatic heterocycles. The number of amides is 2. The van der Waals surface area contributed by atoms with Crippen LogP contribution in [0.3, 0.4) is 0 Å². The van der Waals surface area contributed by atoms with Crippen LogP contribution in [0.25, 0.3) is 10.8 Å². The summed E-state index contributed by atoms with van der Waals surface area (Å²) in [6.45, 7) is 7.43. The van der Waals surface area contributed by atoms with Gasteiger partial charge in [-0.25, -0.2) is 0 Å². The van der Waals surface area contributed by atoms with E-state index in [1.165, 1.54) is 4.90 Å². The average Bonchev–Trinajstić information content (AvgIpc) is 2.78. The lowest BCUT2D eigenvalue weighted by Gasteiger charge is -2.33. The third kappa shape index (κ3) is 6.43. The van der Waals surface area contributed by atoms with Crippen LogP contribution in [-0.2, 0) is 16.1 Å². The van der Waals surface area contributed by atoms with E-state index in [0.29, 0.717) is 27.8 Å². The van der Waals surface area contributed by atoms with Crippen molar-refractivity contribution in [3.05, 3.63) is 76.3 Å². The van der Waals surface area contributed by atoms with E-state index in [4.69, 9.17) is 27.9 Å². The summed E-state index contributed by atoms with van der Waals surface area (Å²) in [5, 5.41) is 5.78. The summed E-state index contributed by atoms with van der Waals surface area (Å²) in [6, 6.07) is 18.0. The smallest absolute Gasteiger partial charge is 0.261 e. The lowest BCUT2D eigenvalue weighted by Crippen LogP contribution is -2.54. The van der Waals surface area contributed by atoms with Gasteiger partial charge in [-0.05, 0) is 50.8 Å². The van der Waals surface area contributed by atoms with Crippen molar-refractivity contribution in [2.45, 2.75) is 52.2 Å². The maximum absolute atomic E-state index is 13.5. The number of halogens is 2. The first-order valence-corrected chi connectivity index (χ1v) is 12.0. The van der Waals surface area contributed by atoms with Crippen molar-refractivity contribution in [1.29, 1.82) is 0 Å². The third-order valence-corrected chi connectivity index (χ3v) is 6.08. The Labute approximate surface area is 211 Å². The number of carbonyl (C=O) groups is 2. The number of ether oxygens (including phenoxy) is 1. The first-order chi connectivity index (χ1) is 16.1. The Bertz CT molecular complexity index is 1150. The first kappa shape index (κ1) is 25.9. The van der Waals surface area contributed by atoms with Crippen molar-refractivity contribution in [2.75, 3.05) is 6.61 Å². The molecule has 0 radical (unpaired) electrons. The van der Waals surface area contributed by atoms with Gasteiger partial charge in [-0.3, -0.25) is 9.59 Å². The Morgan fingerprint density at radius 3 is 2.24 bits per heavy atom. The number of benzene rings is 3. The van der Waals surface area contributed by atoms with Crippen LogP contribution >= 0.6 is 23.2 Å². The molecule has 5 nitrogen and oxygen atoms in total. The Morgan fingerprint density at radius 2 is 1.59 bits per heavy atom. The second-order valence-electron chi connectivity index (χ2n) is 9.15. The van der Waals surface area contributed by atoms with Crippen LogP contribution in [0.4, 0.5) is 0 Å². The molecule has 2 amide bonds. The molecule has 0 saturated heterocycles. The van der Waals surface area contributed by atoms with Gasteiger partial charge in [0.25, 0.3) is 5.91 Å². The molecule has 0 aromatic heterocycles. The molecule has 34 heavy (non-hydrogen) atoms. The number of fused-ring (bicyclic) bond motifs is 1. The highest BCUT2D eigenvalue weighted by Gasteiger charge is 2.31. The Balaban J connectivity index is 1.89. The predicted octanol–water partition coefficient (Wildman–Crippen LogP) is 6.25. The van der Waals surface area contributed by atoms with Crippen LogP contribution in [0.5, 0.6) is 5.75 Å². The van der Waals surface area contributed by atoms with Crippen LogP contribution in [-0.4, -0.2) is 34.9 Å². The maximum Gasteiger partial charge on any atom is 0.261 e. The quantitative estimate of drug-likeness (QED) is 0.397. The zero-order chi connectivity index (χ0) is 24.9. The van der Waals surface area contributed by atoms with Crippen LogP contribution < -0.4 is 10.1 Å². The van der Waals surface area contributed by atoms with Gasteiger partial charge >= 0.3 is 0 Å². The van der Waals surface area contributed by atoms with Gasteiger partial charge in [0.15, 0.2) is 6.61 Å². The van der Waals surface area contributed by atoms with Crippen molar-refractivity contribution < 1.29 is 14.3 Å². The number of hydrogen-bond donors (Lipinski definition) is 1. The van der Waals surface area contributed by atoms with Gasteiger partial charge in [-0.1, -0.05) is 72.6 Å². The summed E-state index contributed by atoms with van der Waals surface area (Å²) in [5.74, 6) is 0.0332. The molecule has 0 spiro atoms. The van der Waals surface area contributed by atoms with Gasteiger partial charge in [0, 0.05) is 33.1 Å². The number of rotatable bonds is 8. The molecule has 180 valence electrons.